The molecule has 1 aliphatic rings. The maximum absolute atomic E-state index is 12.5. The highest BCUT2D eigenvalue weighted by molar-refractivity contribution is 5.94. The Labute approximate surface area is 149 Å². The van der Waals surface area contributed by atoms with Crippen molar-refractivity contribution < 1.29 is 9.53 Å². The van der Waals surface area contributed by atoms with Crippen LogP contribution in [-0.2, 0) is 19.4 Å². The van der Waals surface area contributed by atoms with Crippen LogP contribution in [-0.4, -0.2) is 37.6 Å². The first kappa shape index (κ1) is 17.5. The summed E-state index contributed by atoms with van der Waals surface area (Å²) in [6, 6.07) is 13.9. The lowest BCUT2D eigenvalue weighted by atomic mass is 10.00. The van der Waals surface area contributed by atoms with E-state index in [1.165, 1.54) is 11.1 Å². The predicted molar refractivity (Wildman–Crippen MR) is 100 cm³/mol. The lowest BCUT2D eigenvalue weighted by Gasteiger charge is -2.16. The summed E-state index contributed by atoms with van der Waals surface area (Å²) < 4.78 is 5.15. The van der Waals surface area contributed by atoms with E-state index in [1.807, 2.05) is 30.3 Å². The molecule has 3 rings (SSSR count). The monoisotopic (exact) mass is 338 g/mol. The second-order valence-corrected chi connectivity index (χ2v) is 6.45. The molecule has 132 valence electrons. The molecule has 0 aliphatic carbocycles. The van der Waals surface area contributed by atoms with Crippen LogP contribution >= 0.6 is 0 Å². The van der Waals surface area contributed by atoms with Crippen molar-refractivity contribution in [3.8, 4) is 5.75 Å². The molecule has 0 spiro atoms. The second-order valence-electron chi connectivity index (χ2n) is 6.45. The summed E-state index contributed by atoms with van der Waals surface area (Å²) in [6.45, 7) is 5.98. The maximum atomic E-state index is 12.5. The molecular weight excluding hydrogens is 312 g/mol. The number of carbonyl (C=O) groups is 1. The van der Waals surface area contributed by atoms with E-state index in [2.05, 4.69) is 29.3 Å². The normalized spacial score (nSPS) is 14.5. The molecular formula is C21H26N2O2. The fraction of sp³-hybridized carbons (Fsp3) is 0.381. The number of benzene rings is 2. The van der Waals surface area contributed by atoms with Gasteiger partial charge in [-0.3, -0.25) is 4.79 Å². The van der Waals surface area contributed by atoms with Crippen LogP contribution < -0.4 is 10.1 Å². The molecule has 0 unspecified atom stereocenters. The van der Waals surface area contributed by atoms with Crippen molar-refractivity contribution in [2.75, 3.05) is 26.7 Å². The zero-order valence-electron chi connectivity index (χ0n) is 15.0. The standard InChI is InChI=1S/C21H26N2O2/c1-3-23-12-10-17-6-7-19(14-18(17)11-13-23)21(24)22-15-16-4-8-20(25-2)9-5-16/h4-9,14H,3,10-13,15H2,1-2H3,(H,22,24). The lowest BCUT2D eigenvalue weighted by Crippen LogP contribution is -2.25. The molecule has 0 atom stereocenters. The fourth-order valence-electron chi connectivity index (χ4n) is 3.26. The molecule has 0 fully saturated rings. The van der Waals surface area contributed by atoms with Gasteiger partial charge >= 0.3 is 0 Å². The van der Waals surface area contributed by atoms with E-state index in [0.717, 1.165) is 49.4 Å². The number of nitrogens with zero attached hydrogens (tertiary/aromatic N) is 1. The van der Waals surface area contributed by atoms with Gasteiger partial charge in [-0.25, -0.2) is 0 Å². The predicted octanol–water partition coefficient (Wildman–Crippen LogP) is 3.05. The molecule has 1 heterocycles. The third-order valence-electron chi connectivity index (χ3n) is 4.92. The highest BCUT2D eigenvalue weighted by atomic mass is 16.5. The minimum Gasteiger partial charge on any atom is -0.497 e. The minimum atomic E-state index is -0.0183. The average molecular weight is 338 g/mol. The van der Waals surface area contributed by atoms with E-state index in [9.17, 15) is 4.79 Å². The Kier molecular flexibility index (Phi) is 5.71. The van der Waals surface area contributed by atoms with Crippen LogP contribution in [0, 0.1) is 0 Å². The Morgan fingerprint density at radius 1 is 1.08 bits per heavy atom. The molecule has 0 saturated heterocycles. The van der Waals surface area contributed by atoms with Crippen LogP contribution in [0.15, 0.2) is 42.5 Å². The Hall–Kier alpha value is -2.33. The van der Waals surface area contributed by atoms with Crippen LogP contribution in [0.4, 0.5) is 0 Å². The van der Waals surface area contributed by atoms with Crippen LogP contribution in [0.1, 0.15) is 34.0 Å². The summed E-state index contributed by atoms with van der Waals surface area (Å²) in [5.74, 6) is 0.803. The third kappa shape index (κ3) is 4.40. The number of carbonyl (C=O) groups excluding carboxylic acids is 1. The van der Waals surface area contributed by atoms with E-state index in [0.29, 0.717) is 6.54 Å². The summed E-state index contributed by atoms with van der Waals surface area (Å²) in [7, 11) is 1.65. The molecule has 2 aromatic carbocycles. The van der Waals surface area contributed by atoms with Gasteiger partial charge in [0.1, 0.15) is 5.75 Å². The van der Waals surface area contributed by atoms with Gasteiger partial charge in [0.15, 0.2) is 0 Å². The maximum Gasteiger partial charge on any atom is 0.251 e. The average Bonchev–Trinajstić information content (AvgIpc) is 2.88. The van der Waals surface area contributed by atoms with Crippen LogP contribution in [0.3, 0.4) is 0 Å². The molecule has 1 amide bonds. The Morgan fingerprint density at radius 3 is 2.48 bits per heavy atom. The summed E-state index contributed by atoms with van der Waals surface area (Å²) in [6.07, 6.45) is 2.08. The van der Waals surface area contributed by atoms with E-state index in [4.69, 9.17) is 4.74 Å². The molecule has 0 radical (unpaired) electrons. The van der Waals surface area contributed by atoms with Gasteiger partial charge in [-0.05, 0) is 60.3 Å². The molecule has 4 heteroatoms. The molecule has 1 aliphatic heterocycles. The highest BCUT2D eigenvalue weighted by Crippen LogP contribution is 2.18. The van der Waals surface area contributed by atoms with Gasteiger partial charge in [0.25, 0.3) is 5.91 Å². The molecule has 0 bridgehead atoms. The van der Waals surface area contributed by atoms with Crippen molar-refractivity contribution >= 4 is 5.91 Å². The minimum absolute atomic E-state index is 0.0183. The van der Waals surface area contributed by atoms with Crippen molar-refractivity contribution in [2.45, 2.75) is 26.3 Å². The van der Waals surface area contributed by atoms with Crippen molar-refractivity contribution in [1.29, 1.82) is 0 Å². The number of amides is 1. The summed E-state index contributed by atoms with van der Waals surface area (Å²) in [4.78, 5) is 14.9. The van der Waals surface area contributed by atoms with Gasteiger partial charge in [0.2, 0.25) is 0 Å². The zero-order valence-corrected chi connectivity index (χ0v) is 15.0. The largest absolute Gasteiger partial charge is 0.497 e. The quantitative estimate of drug-likeness (QED) is 0.911. The molecule has 0 aromatic heterocycles. The molecule has 0 saturated carbocycles. The van der Waals surface area contributed by atoms with Crippen molar-refractivity contribution in [2.24, 2.45) is 0 Å². The fourth-order valence-corrected chi connectivity index (χ4v) is 3.26. The number of rotatable bonds is 5. The topological polar surface area (TPSA) is 41.6 Å². The Bertz CT molecular complexity index is 725. The van der Waals surface area contributed by atoms with Crippen molar-refractivity contribution in [3.63, 3.8) is 0 Å². The summed E-state index contributed by atoms with van der Waals surface area (Å²) in [5.41, 5.74) is 4.50. The van der Waals surface area contributed by atoms with Crippen LogP contribution in [0.5, 0.6) is 5.75 Å². The van der Waals surface area contributed by atoms with Crippen LogP contribution in [0.2, 0.25) is 0 Å². The lowest BCUT2D eigenvalue weighted by molar-refractivity contribution is 0.0951. The molecule has 2 aromatic rings. The van der Waals surface area contributed by atoms with Gasteiger partial charge in [-0.2, -0.15) is 0 Å². The SMILES string of the molecule is CCN1CCc2ccc(C(=O)NCc3ccc(OC)cc3)cc2CC1. The number of methoxy groups -OCH3 is 1. The number of fused-ring (bicyclic) bond motifs is 1. The first-order valence-corrected chi connectivity index (χ1v) is 8.95. The third-order valence-corrected chi connectivity index (χ3v) is 4.92. The zero-order chi connectivity index (χ0) is 17.6. The van der Waals surface area contributed by atoms with Gasteiger partial charge in [0, 0.05) is 25.2 Å². The van der Waals surface area contributed by atoms with Gasteiger partial charge in [-0.15, -0.1) is 0 Å². The summed E-state index contributed by atoms with van der Waals surface area (Å²) in [5, 5.41) is 3.00. The molecule has 25 heavy (non-hydrogen) atoms. The van der Waals surface area contributed by atoms with E-state index in [1.54, 1.807) is 7.11 Å². The highest BCUT2D eigenvalue weighted by Gasteiger charge is 2.15. The van der Waals surface area contributed by atoms with Gasteiger partial charge in [-0.1, -0.05) is 25.1 Å². The van der Waals surface area contributed by atoms with Crippen molar-refractivity contribution in [3.05, 3.63) is 64.7 Å². The molecule has 1 N–H and O–H groups in total. The van der Waals surface area contributed by atoms with E-state index < -0.39 is 0 Å². The first-order valence-electron chi connectivity index (χ1n) is 8.95. The van der Waals surface area contributed by atoms with E-state index in [-0.39, 0.29) is 5.91 Å². The van der Waals surface area contributed by atoms with Crippen LogP contribution in [0.25, 0.3) is 0 Å². The first-order chi connectivity index (χ1) is 12.2. The van der Waals surface area contributed by atoms with Gasteiger partial charge < -0.3 is 15.0 Å². The Morgan fingerprint density at radius 2 is 1.80 bits per heavy atom. The molecule has 4 nitrogen and oxygen atoms in total. The number of hydrogen-bond donors (Lipinski definition) is 1. The second kappa shape index (κ2) is 8.17. The number of likely N-dealkylation sites (N-methyl/N-ethyl adjacent to an activating group) is 1. The van der Waals surface area contributed by atoms with Gasteiger partial charge in [0.05, 0.1) is 7.11 Å². The van der Waals surface area contributed by atoms with E-state index >= 15 is 0 Å². The summed E-state index contributed by atoms with van der Waals surface area (Å²) >= 11 is 0. The number of nitrogens with one attached hydrogen (secondary N) is 1. The smallest absolute Gasteiger partial charge is 0.251 e. The number of ether oxygens (including phenoxy) is 1. The Balaban J connectivity index is 1.63. The number of hydrogen-bond acceptors (Lipinski definition) is 3. The van der Waals surface area contributed by atoms with Crippen molar-refractivity contribution in [1.82, 2.24) is 10.2 Å².